The minimum absolute atomic E-state index is 0.0983. The molecule has 0 aliphatic heterocycles. The first-order valence-electron chi connectivity index (χ1n) is 6.35. The summed E-state index contributed by atoms with van der Waals surface area (Å²) in [5.74, 6) is 3.14. The number of carbonyl (C=O) groups excluding carboxylic acids is 1. The SMILES string of the molecule is Nc1cn[nH]c1C(=O)NC1C2C3CCC(C3)C12. The van der Waals surface area contributed by atoms with E-state index < -0.39 is 0 Å². The summed E-state index contributed by atoms with van der Waals surface area (Å²) in [6.07, 6.45) is 5.61. The molecule has 3 aliphatic rings. The number of carbonyl (C=O) groups is 1. The van der Waals surface area contributed by atoms with Gasteiger partial charge in [-0.05, 0) is 42.9 Å². The maximum absolute atomic E-state index is 12.0. The Morgan fingerprint density at radius 2 is 2.12 bits per heavy atom. The standard InChI is InChI=1S/C12H16N4O/c13-7-4-14-16-10(7)12(17)15-11-8-5-1-2-6(3-5)9(8)11/h4-6,8-9,11H,1-3,13H2,(H,14,16)(H,15,17). The predicted molar refractivity (Wildman–Crippen MR) is 62.1 cm³/mol. The fourth-order valence-corrected chi connectivity index (χ4v) is 4.22. The van der Waals surface area contributed by atoms with Crippen LogP contribution in [0, 0.1) is 23.7 Å². The Kier molecular flexibility index (Phi) is 1.69. The summed E-state index contributed by atoms with van der Waals surface area (Å²) in [4.78, 5) is 12.0. The van der Waals surface area contributed by atoms with Crippen molar-refractivity contribution in [2.24, 2.45) is 23.7 Å². The lowest BCUT2D eigenvalue weighted by atomic mass is 10.0. The van der Waals surface area contributed by atoms with Crippen molar-refractivity contribution in [1.29, 1.82) is 0 Å². The highest BCUT2D eigenvalue weighted by Crippen LogP contribution is 2.65. The van der Waals surface area contributed by atoms with Crippen molar-refractivity contribution >= 4 is 11.6 Å². The zero-order chi connectivity index (χ0) is 11.6. The van der Waals surface area contributed by atoms with Gasteiger partial charge in [-0.3, -0.25) is 9.89 Å². The number of aromatic nitrogens is 2. The number of anilines is 1. The van der Waals surface area contributed by atoms with Crippen LogP contribution in [-0.2, 0) is 0 Å². The Labute approximate surface area is 99.1 Å². The fraction of sp³-hybridized carbons (Fsp3) is 0.667. The molecule has 3 saturated carbocycles. The van der Waals surface area contributed by atoms with E-state index in [2.05, 4.69) is 15.5 Å². The molecule has 1 aromatic heterocycles. The molecular formula is C12H16N4O. The van der Waals surface area contributed by atoms with Crippen molar-refractivity contribution in [3.63, 3.8) is 0 Å². The zero-order valence-electron chi connectivity index (χ0n) is 9.52. The molecule has 0 radical (unpaired) electrons. The van der Waals surface area contributed by atoms with Crippen LogP contribution in [0.4, 0.5) is 5.69 Å². The third-order valence-electron chi connectivity index (χ3n) is 4.93. The van der Waals surface area contributed by atoms with Crippen molar-refractivity contribution in [1.82, 2.24) is 15.5 Å². The van der Waals surface area contributed by atoms with E-state index in [9.17, 15) is 4.79 Å². The normalized spacial score (nSPS) is 41.3. The average molecular weight is 232 g/mol. The quantitative estimate of drug-likeness (QED) is 0.704. The van der Waals surface area contributed by atoms with Gasteiger partial charge in [0, 0.05) is 6.04 Å². The fourth-order valence-electron chi connectivity index (χ4n) is 4.22. The maximum Gasteiger partial charge on any atom is 0.271 e. The number of fused-ring (bicyclic) bond motifs is 5. The minimum Gasteiger partial charge on any atom is -0.396 e. The van der Waals surface area contributed by atoms with Crippen LogP contribution in [0.15, 0.2) is 6.20 Å². The Morgan fingerprint density at radius 3 is 2.71 bits per heavy atom. The Bertz CT molecular complexity index is 467. The number of H-pyrrole nitrogens is 1. The molecule has 0 saturated heterocycles. The Balaban J connectivity index is 1.47. The number of aromatic amines is 1. The summed E-state index contributed by atoms with van der Waals surface area (Å²) in [5.41, 5.74) is 6.50. The van der Waals surface area contributed by atoms with E-state index in [-0.39, 0.29) is 5.91 Å². The molecule has 5 heteroatoms. The molecule has 4 unspecified atom stereocenters. The summed E-state index contributed by atoms with van der Waals surface area (Å²) in [6, 6.07) is 0.399. The summed E-state index contributed by atoms with van der Waals surface area (Å²) < 4.78 is 0. The number of hydrogen-bond acceptors (Lipinski definition) is 3. The average Bonchev–Trinajstić information content (AvgIpc) is 2.76. The molecule has 90 valence electrons. The van der Waals surface area contributed by atoms with E-state index in [1.165, 1.54) is 25.5 Å². The molecular weight excluding hydrogens is 216 g/mol. The number of amides is 1. The summed E-state index contributed by atoms with van der Waals surface area (Å²) >= 11 is 0. The van der Waals surface area contributed by atoms with Crippen molar-refractivity contribution in [3.8, 4) is 0 Å². The highest BCUT2D eigenvalue weighted by Gasteiger charge is 2.65. The van der Waals surface area contributed by atoms with E-state index in [4.69, 9.17) is 5.73 Å². The van der Waals surface area contributed by atoms with Crippen LogP contribution in [0.3, 0.4) is 0 Å². The second-order valence-corrected chi connectivity index (χ2v) is 5.69. The molecule has 5 nitrogen and oxygen atoms in total. The summed E-state index contributed by atoms with van der Waals surface area (Å²) in [7, 11) is 0. The molecule has 1 heterocycles. The smallest absolute Gasteiger partial charge is 0.271 e. The molecule has 3 aliphatic carbocycles. The van der Waals surface area contributed by atoms with Crippen LogP contribution >= 0.6 is 0 Å². The third-order valence-corrected chi connectivity index (χ3v) is 4.93. The molecule has 4 atom stereocenters. The first kappa shape index (κ1) is 9.50. The molecule has 4 N–H and O–H groups in total. The van der Waals surface area contributed by atoms with Gasteiger partial charge < -0.3 is 11.1 Å². The van der Waals surface area contributed by atoms with Crippen LogP contribution in [0.25, 0.3) is 0 Å². The molecule has 4 rings (SSSR count). The van der Waals surface area contributed by atoms with Gasteiger partial charge in [-0.25, -0.2) is 0 Å². The van der Waals surface area contributed by atoms with Gasteiger partial charge in [0.15, 0.2) is 0 Å². The van der Waals surface area contributed by atoms with Gasteiger partial charge in [-0.15, -0.1) is 0 Å². The van der Waals surface area contributed by atoms with E-state index in [0.29, 0.717) is 17.4 Å². The van der Waals surface area contributed by atoms with Crippen molar-refractivity contribution in [3.05, 3.63) is 11.9 Å². The summed E-state index contributed by atoms with van der Waals surface area (Å²) in [6.45, 7) is 0. The molecule has 0 aromatic carbocycles. The Hall–Kier alpha value is -1.52. The first-order chi connectivity index (χ1) is 8.25. The van der Waals surface area contributed by atoms with Gasteiger partial charge in [0.2, 0.25) is 0 Å². The zero-order valence-corrected chi connectivity index (χ0v) is 9.52. The molecule has 2 bridgehead atoms. The number of nitrogens with one attached hydrogen (secondary N) is 2. The van der Waals surface area contributed by atoms with E-state index in [0.717, 1.165) is 23.7 Å². The Morgan fingerprint density at radius 1 is 1.41 bits per heavy atom. The predicted octanol–water partition coefficient (Wildman–Crippen LogP) is 0.766. The topological polar surface area (TPSA) is 83.8 Å². The lowest BCUT2D eigenvalue weighted by Crippen LogP contribution is -2.30. The van der Waals surface area contributed by atoms with Gasteiger partial charge in [0.25, 0.3) is 5.91 Å². The number of hydrogen-bond donors (Lipinski definition) is 3. The van der Waals surface area contributed by atoms with Gasteiger partial charge in [0.05, 0.1) is 11.9 Å². The molecule has 1 aromatic rings. The van der Waals surface area contributed by atoms with Crippen LogP contribution in [0.5, 0.6) is 0 Å². The van der Waals surface area contributed by atoms with Crippen LogP contribution in [0.2, 0.25) is 0 Å². The van der Waals surface area contributed by atoms with Crippen molar-refractivity contribution in [2.45, 2.75) is 25.3 Å². The van der Waals surface area contributed by atoms with E-state index in [1.54, 1.807) is 0 Å². The largest absolute Gasteiger partial charge is 0.396 e. The second kappa shape index (κ2) is 3.03. The lowest BCUT2D eigenvalue weighted by molar-refractivity contribution is 0.0940. The molecule has 0 spiro atoms. The van der Waals surface area contributed by atoms with E-state index >= 15 is 0 Å². The second-order valence-electron chi connectivity index (χ2n) is 5.69. The van der Waals surface area contributed by atoms with Gasteiger partial charge >= 0.3 is 0 Å². The van der Waals surface area contributed by atoms with Crippen molar-refractivity contribution < 1.29 is 4.79 Å². The number of nitrogens with two attached hydrogens (primary N) is 1. The monoisotopic (exact) mass is 232 g/mol. The van der Waals surface area contributed by atoms with E-state index in [1.807, 2.05) is 0 Å². The highest BCUT2D eigenvalue weighted by molar-refractivity contribution is 5.97. The third kappa shape index (κ3) is 1.19. The first-order valence-corrected chi connectivity index (χ1v) is 6.35. The number of nitrogens with zero attached hydrogens (tertiary/aromatic N) is 1. The highest BCUT2D eigenvalue weighted by atomic mass is 16.2. The van der Waals surface area contributed by atoms with Gasteiger partial charge in [0.1, 0.15) is 5.69 Å². The molecule has 1 amide bonds. The van der Waals surface area contributed by atoms with Crippen molar-refractivity contribution in [2.75, 3.05) is 5.73 Å². The van der Waals surface area contributed by atoms with Crippen LogP contribution in [0.1, 0.15) is 29.8 Å². The lowest BCUT2D eigenvalue weighted by Gasteiger charge is -2.09. The number of nitrogen functional groups attached to an aromatic ring is 1. The van der Waals surface area contributed by atoms with Crippen LogP contribution < -0.4 is 11.1 Å². The van der Waals surface area contributed by atoms with Gasteiger partial charge in [-0.2, -0.15) is 5.10 Å². The summed E-state index contributed by atoms with van der Waals surface area (Å²) in [5, 5.41) is 9.54. The van der Waals surface area contributed by atoms with Crippen LogP contribution in [-0.4, -0.2) is 22.1 Å². The molecule has 17 heavy (non-hydrogen) atoms. The number of rotatable bonds is 2. The minimum atomic E-state index is -0.0983. The van der Waals surface area contributed by atoms with Gasteiger partial charge in [-0.1, -0.05) is 0 Å². The maximum atomic E-state index is 12.0. The molecule has 3 fully saturated rings.